The number of Topliss-reactive ketones (excluding diaryl/α,β-unsaturated/α-hetero) is 1. The fraction of sp³-hybridized carbons (Fsp3) is 0.316. The van der Waals surface area contributed by atoms with Crippen LogP contribution in [0.1, 0.15) is 21.8 Å². The number of ketones is 1. The standard InChI is InChI=1S/C19H20FNO2/c20-17-8-4-7-16(13-17)19(22)18(15-5-2-1-3-6-15)14-21-9-11-23-12-10-21/h1-8,13,18H,9-12,14H2. The zero-order valence-electron chi connectivity index (χ0n) is 13.0. The Morgan fingerprint density at radius 1 is 1.09 bits per heavy atom. The van der Waals surface area contributed by atoms with E-state index < -0.39 is 0 Å². The number of rotatable bonds is 5. The van der Waals surface area contributed by atoms with Crippen LogP contribution in [0.25, 0.3) is 0 Å². The molecule has 0 radical (unpaired) electrons. The predicted molar refractivity (Wildman–Crippen MR) is 87.2 cm³/mol. The largest absolute Gasteiger partial charge is 0.379 e. The SMILES string of the molecule is O=C(c1cccc(F)c1)C(CN1CCOCC1)c1ccccc1. The minimum atomic E-state index is -0.381. The Hall–Kier alpha value is -2.04. The molecule has 1 heterocycles. The second kappa shape index (κ2) is 7.49. The topological polar surface area (TPSA) is 29.5 Å². The van der Waals surface area contributed by atoms with Gasteiger partial charge in [-0.2, -0.15) is 0 Å². The van der Waals surface area contributed by atoms with Gasteiger partial charge < -0.3 is 4.74 Å². The lowest BCUT2D eigenvalue weighted by Crippen LogP contribution is -2.40. The van der Waals surface area contributed by atoms with Crippen molar-refractivity contribution in [1.82, 2.24) is 4.90 Å². The van der Waals surface area contributed by atoms with Gasteiger partial charge >= 0.3 is 0 Å². The highest BCUT2D eigenvalue weighted by molar-refractivity contribution is 6.01. The van der Waals surface area contributed by atoms with Crippen LogP contribution in [0.2, 0.25) is 0 Å². The molecule has 0 amide bonds. The molecule has 0 aromatic heterocycles. The first kappa shape index (κ1) is 15.8. The monoisotopic (exact) mass is 313 g/mol. The summed E-state index contributed by atoms with van der Waals surface area (Å²) in [5.41, 5.74) is 1.39. The zero-order chi connectivity index (χ0) is 16.1. The highest BCUT2D eigenvalue weighted by atomic mass is 19.1. The number of morpholine rings is 1. The molecule has 3 nitrogen and oxygen atoms in total. The maximum absolute atomic E-state index is 13.5. The Morgan fingerprint density at radius 2 is 1.83 bits per heavy atom. The molecule has 1 aliphatic rings. The van der Waals surface area contributed by atoms with Gasteiger partial charge in [-0.25, -0.2) is 4.39 Å². The van der Waals surface area contributed by atoms with E-state index in [2.05, 4.69) is 4.90 Å². The van der Waals surface area contributed by atoms with Crippen molar-refractivity contribution in [2.45, 2.75) is 5.92 Å². The van der Waals surface area contributed by atoms with E-state index in [1.54, 1.807) is 12.1 Å². The number of carbonyl (C=O) groups excluding carboxylic acids is 1. The number of carbonyl (C=O) groups is 1. The quantitative estimate of drug-likeness (QED) is 0.794. The third kappa shape index (κ3) is 4.03. The van der Waals surface area contributed by atoms with Crippen LogP contribution in [0.5, 0.6) is 0 Å². The van der Waals surface area contributed by atoms with E-state index in [9.17, 15) is 9.18 Å². The van der Waals surface area contributed by atoms with Crippen LogP contribution >= 0.6 is 0 Å². The number of benzene rings is 2. The van der Waals surface area contributed by atoms with Gasteiger partial charge in [0.25, 0.3) is 0 Å². The van der Waals surface area contributed by atoms with Gasteiger partial charge in [-0.1, -0.05) is 42.5 Å². The van der Waals surface area contributed by atoms with Crippen molar-refractivity contribution >= 4 is 5.78 Å². The lowest BCUT2D eigenvalue weighted by Gasteiger charge is -2.30. The maximum Gasteiger partial charge on any atom is 0.171 e. The zero-order valence-corrected chi connectivity index (χ0v) is 13.0. The summed E-state index contributed by atoms with van der Waals surface area (Å²) in [4.78, 5) is 15.2. The highest BCUT2D eigenvalue weighted by Gasteiger charge is 2.25. The van der Waals surface area contributed by atoms with Gasteiger partial charge in [0.2, 0.25) is 0 Å². The van der Waals surface area contributed by atoms with Crippen molar-refractivity contribution in [1.29, 1.82) is 0 Å². The summed E-state index contributed by atoms with van der Waals surface area (Å²) in [6.07, 6.45) is 0. The minimum Gasteiger partial charge on any atom is -0.379 e. The number of hydrogen-bond acceptors (Lipinski definition) is 3. The normalized spacial score (nSPS) is 16.9. The Labute approximate surface area is 135 Å². The molecule has 0 N–H and O–H groups in total. The molecule has 4 heteroatoms. The summed E-state index contributed by atoms with van der Waals surface area (Å²) in [5, 5.41) is 0. The molecule has 0 bridgehead atoms. The van der Waals surface area contributed by atoms with Gasteiger partial charge in [-0.15, -0.1) is 0 Å². The number of halogens is 1. The van der Waals surface area contributed by atoms with Crippen LogP contribution in [0, 0.1) is 5.82 Å². The molecule has 1 atom stereocenters. The maximum atomic E-state index is 13.5. The second-order valence-corrected chi connectivity index (χ2v) is 5.75. The Kier molecular flexibility index (Phi) is 5.16. The summed E-state index contributed by atoms with van der Waals surface area (Å²) < 4.78 is 18.8. The molecule has 0 saturated carbocycles. The Balaban J connectivity index is 1.86. The van der Waals surface area contributed by atoms with E-state index in [0.29, 0.717) is 25.3 Å². The second-order valence-electron chi connectivity index (χ2n) is 5.75. The van der Waals surface area contributed by atoms with E-state index in [0.717, 1.165) is 18.7 Å². The van der Waals surface area contributed by atoms with Crippen molar-refractivity contribution in [2.24, 2.45) is 0 Å². The highest BCUT2D eigenvalue weighted by Crippen LogP contribution is 2.23. The first-order chi connectivity index (χ1) is 11.2. The average Bonchev–Trinajstić information content (AvgIpc) is 2.61. The van der Waals surface area contributed by atoms with Gasteiger partial charge in [-0.3, -0.25) is 9.69 Å². The fourth-order valence-corrected chi connectivity index (χ4v) is 2.91. The molecular formula is C19H20FNO2. The van der Waals surface area contributed by atoms with E-state index in [1.807, 2.05) is 30.3 Å². The Morgan fingerprint density at radius 3 is 2.52 bits per heavy atom. The predicted octanol–water partition coefficient (Wildman–Crippen LogP) is 3.12. The van der Waals surface area contributed by atoms with E-state index in [4.69, 9.17) is 4.74 Å². The third-order valence-corrected chi connectivity index (χ3v) is 4.17. The van der Waals surface area contributed by atoms with Crippen LogP contribution < -0.4 is 0 Å². The molecule has 3 rings (SSSR count). The first-order valence-corrected chi connectivity index (χ1v) is 7.89. The van der Waals surface area contributed by atoms with Gasteiger partial charge in [0.05, 0.1) is 19.1 Å². The molecule has 2 aromatic rings. The summed E-state index contributed by atoms with van der Waals surface area (Å²) >= 11 is 0. The molecule has 0 aliphatic carbocycles. The summed E-state index contributed by atoms with van der Waals surface area (Å²) in [7, 11) is 0. The van der Waals surface area contributed by atoms with Gasteiger partial charge in [-0.05, 0) is 17.7 Å². The molecule has 120 valence electrons. The first-order valence-electron chi connectivity index (χ1n) is 7.89. The number of nitrogens with zero attached hydrogens (tertiary/aromatic N) is 1. The molecule has 1 unspecified atom stereocenters. The van der Waals surface area contributed by atoms with Crippen LogP contribution in [0.4, 0.5) is 4.39 Å². The molecule has 1 aliphatic heterocycles. The molecule has 2 aromatic carbocycles. The van der Waals surface area contributed by atoms with E-state index in [-0.39, 0.29) is 17.5 Å². The van der Waals surface area contributed by atoms with Crippen LogP contribution in [-0.4, -0.2) is 43.5 Å². The third-order valence-electron chi connectivity index (χ3n) is 4.17. The van der Waals surface area contributed by atoms with Crippen LogP contribution in [0.15, 0.2) is 54.6 Å². The van der Waals surface area contributed by atoms with Crippen molar-refractivity contribution in [2.75, 3.05) is 32.8 Å². The van der Waals surface area contributed by atoms with Crippen molar-refractivity contribution in [3.8, 4) is 0 Å². The van der Waals surface area contributed by atoms with E-state index >= 15 is 0 Å². The number of ether oxygens (including phenoxy) is 1. The summed E-state index contributed by atoms with van der Waals surface area (Å²) in [6, 6.07) is 15.7. The van der Waals surface area contributed by atoms with Crippen molar-refractivity contribution < 1.29 is 13.9 Å². The summed E-state index contributed by atoms with van der Waals surface area (Å²) in [5.74, 6) is -0.715. The number of hydrogen-bond donors (Lipinski definition) is 0. The smallest absolute Gasteiger partial charge is 0.171 e. The van der Waals surface area contributed by atoms with Gasteiger partial charge in [0, 0.05) is 25.2 Å². The molecule has 23 heavy (non-hydrogen) atoms. The van der Waals surface area contributed by atoms with Gasteiger partial charge in [0.1, 0.15) is 5.82 Å². The molecule has 0 spiro atoms. The van der Waals surface area contributed by atoms with E-state index in [1.165, 1.54) is 12.1 Å². The molecular weight excluding hydrogens is 293 g/mol. The van der Waals surface area contributed by atoms with Crippen LogP contribution in [0.3, 0.4) is 0 Å². The van der Waals surface area contributed by atoms with Crippen molar-refractivity contribution in [3.63, 3.8) is 0 Å². The van der Waals surface area contributed by atoms with Gasteiger partial charge in [0.15, 0.2) is 5.78 Å². The Bertz CT molecular complexity index is 653. The lowest BCUT2D eigenvalue weighted by molar-refractivity contribution is 0.0345. The summed E-state index contributed by atoms with van der Waals surface area (Å²) in [6.45, 7) is 3.65. The van der Waals surface area contributed by atoms with Crippen molar-refractivity contribution in [3.05, 3.63) is 71.5 Å². The molecule has 1 fully saturated rings. The minimum absolute atomic E-state index is 0.0396. The fourth-order valence-electron chi connectivity index (χ4n) is 2.91. The van der Waals surface area contributed by atoms with Crippen LogP contribution in [-0.2, 0) is 4.74 Å². The lowest BCUT2D eigenvalue weighted by atomic mass is 9.90. The average molecular weight is 313 g/mol. The molecule has 1 saturated heterocycles.